The summed E-state index contributed by atoms with van der Waals surface area (Å²) in [4.78, 5) is 29.3. The fourth-order valence-electron chi connectivity index (χ4n) is 4.35. The van der Waals surface area contributed by atoms with Crippen LogP contribution in [-0.2, 0) is 32.6 Å². The van der Waals surface area contributed by atoms with E-state index in [0.29, 0.717) is 34.5 Å². The molecule has 1 atom stereocenters. The van der Waals surface area contributed by atoms with Gasteiger partial charge in [0.05, 0.1) is 18.6 Å². The molecule has 42 heavy (non-hydrogen) atoms. The Hall–Kier alpha value is -3.27. The van der Waals surface area contributed by atoms with E-state index in [4.69, 9.17) is 27.9 Å². The number of rotatable bonds is 14. The molecule has 0 radical (unpaired) electrons. The Balaban J connectivity index is 2.10. The quantitative estimate of drug-likeness (QED) is 0.250. The van der Waals surface area contributed by atoms with E-state index in [-0.39, 0.29) is 30.5 Å². The van der Waals surface area contributed by atoms with Crippen molar-refractivity contribution in [3.8, 4) is 5.75 Å². The van der Waals surface area contributed by atoms with Gasteiger partial charge in [-0.2, -0.15) is 0 Å². The maximum atomic E-state index is 14.2. The number of halogens is 2. The first-order chi connectivity index (χ1) is 19.9. The lowest BCUT2D eigenvalue weighted by atomic mass is 10.0. The van der Waals surface area contributed by atoms with Crippen LogP contribution >= 0.6 is 23.2 Å². The van der Waals surface area contributed by atoms with Gasteiger partial charge in [-0.05, 0) is 48.2 Å². The van der Waals surface area contributed by atoms with Crippen molar-refractivity contribution < 1.29 is 22.7 Å². The maximum Gasteiger partial charge on any atom is 0.244 e. The number of amides is 2. The number of nitrogens with one attached hydrogen (secondary N) is 1. The van der Waals surface area contributed by atoms with Gasteiger partial charge in [0.1, 0.15) is 18.3 Å². The van der Waals surface area contributed by atoms with Crippen molar-refractivity contribution in [1.82, 2.24) is 10.2 Å². The molecule has 11 heteroatoms. The van der Waals surface area contributed by atoms with Crippen LogP contribution in [0.4, 0.5) is 5.69 Å². The molecule has 8 nitrogen and oxygen atoms in total. The number of para-hydroxylation sites is 2. The van der Waals surface area contributed by atoms with Crippen LogP contribution < -0.4 is 14.4 Å². The lowest BCUT2D eigenvalue weighted by Crippen LogP contribution is -2.53. The Morgan fingerprint density at radius 2 is 1.64 bits per heavy atom. The van der Waals surface area contributed by atoms with Crippen LogP contribution in [0.5, 0.6) is 5.75 Å². The number of anilines is 1. The molecule has 3 aromatic carbocycles. The van der Waals surface area contributed by atoms with Gasteiger partial charge in [-0.3, -0.25) is 13.9 Å². The summed E-state index contributed by atoms with van der Waals surface area (Å²) in [6.45, 7) is 5.84. The molecule has 1 N–H and O–H groups in total. The predicted octanol–water partition coefficient (Wildman–Crippen LogP) is 5.57. The molecule has 0 bridgehead atoms. The molecule has 0 saturated carbocycles. The minimum atomic E-state index is -3.94. The highest BCUT2D eigenvalue weighted by molar-refractivity contribution is 7.92. The first-order valence-electron chi connectivity index (χ1n) is 13.6. The zero-order valence-electron chi connectivity index (χ0n) is 24.2. The third kappa shape index (κ3) is 9.37. The standard InChI is InChI=1S/C31H37Cl2N3O5S/c1-5-41-29-14-10-9-13-27(29)36(42(4,39)40)21-30(37)35(20-24-15-16-25(32)18-26(24)33)28(31(38)34-19-22(2)3)17-23-11-7-6-8-12-23/h6-16,18,22,28H,5,17,19-21H2,1-4H3,(H,34,38). The first kappa shape index (κ1) is 33.2. The van der Waals surface area contributed by atoms with E-state index >= 15 is 0 Å². The molecule has 0 fully saturated rings. The van der Waals surface area contributed by atoms with E-state index in [9.17, 15) is 18.0 Å². The minimum absolute atomic E-state index is 0.0495. The molecule has 3 rings (SSSR count). The molecular formula is C31H37Cl2N3O5S. The first-order valence-corrected chi connectivity index (χ1v) is 16.3. The van der Waals surface area contributed by atoms with Crippen LogP contribution in [0, 0.1) is 5.92 Å². The van der Waals surface area contributed by atoms with Gasteiger partial charge in [-0.1, -0.05) is 85.6 Å². The summed E-state index contributed by atoms with van der Waals surface area (Å²) in [5.41, 5.74) is 1.62. The Labute approximate surface area is 258 Å². The topological polar surface area (TPSA) is 96.0 Å². The van der Waals surface area contributed by atoms with Crippen molar-refractivity contribution in [1.29, 1.82) is 0 Å². The number of hydrogen-bond donors (Lipinski definition) is 1. The second-order valence-electron chi connectivity index (χ2n) is 10.3. The fraction of sp³-hybridized carbons (Fsp3) is 0.355. The van der Waals surface area contributed by atoms with Gasteiger partial charge in [0.25, 0.3) is 0 Å². The van der Waals surface area contributed by atoms with E-state index < -0.39 is 28.5 Å². The lowest BCUT2D eigenvalue weighted by molar-refractivity contribution is -0.140. The van der Waals surface area contributed by atoms with E-state index in [1.165, 1.54) is 4.90 Å². The van der Waals surface area contributed by atoms with Gasteiger partial charge in [-0.15, -0.1) is 0 Å². The van der Waals surface area contributed by atoms with Crippen molar-refractivity contribution in [2.75, 3.05) is 30.3 Å². The van der Waals surface area contributed by atoms with Crippen LogP contribution in [0.25, 0.3) is 0 Å². The molecule has 2 amide bonds. The zero-order valence-corrected chi connectivity index (χ0v) is 26.5. The van der Waals surface area contributed by atoms with Gasteiger partial charge < -0.3 is 15.0 Å². The monoisotopic (exact) mass is 633 g/mol. The van der Waals surface area contributed by atoms with Crippen molar-refractivity contribution in [2.45, 2.75) is 39.8 Å². The Bertz CT molecular complexity index is 1470. The third-order valence-electron chi connectivity index (χ3n) is 6.42. The Kier molecular flexibility index (Phi) is 12.1. The molecule has 0 aliphatic carbocycles. The molecule has 0 spiro atoms. The van der Waals surface area contributed by atoms with Gasteiger partial charge >= 0.3 is 0 Å². The van der Waals surface area contributed by atoms with Crippen molar-refractivity contribution in [3.63, 3.8) is 0 Å². The van der Waals surface area contributed by atoms with E-state index in [1.54, 1.807) is 49.4 Å². The molecule has 0 saturated heterocycles. The summed E-state index contributed by atoms with van der Waals surface area (Å²) in [6.07, 6.45) is 1.23. The molecule has 226 valence electrons. The summed E-state index contributed by atoms with van der Waals surface area (Å²) < 4.78 is 32.8. The zero-order chi connectivity index (χ0) is 30.9. The summed E-state index contributed by atoms with van der Waals surface area (Å²) in [7, 11) is -3.94. The predicted molar refractivity (Wildman–Crippen MR) is 169 cm³/mol. The van der Waals surface area contributed by atoms with E-state index in [1.807, 2.05) is 44.2 Å². The van der Waals surface area contributed by atoms with Crippen LogP contribution in [0.3, 0.4) is 0 Å². The highest BCUT2D eigenvalue weighted by Crippen LogP contribution is 2.31. The molecule has 3 aromatic rings. The van der Waals surface area contributed by atoms with Crippen LogP contribution in [0.1, 0.15) is 31.9 Å². The normalized spacial score (nSPS) is 12.1. The van der Waals surface area contributed by atoms with Crippen molar-refractivity contribution >= 4 is 50.7 Å². The minimum Gasteiger partial charge on any atom is -0.492 e. The summed E-state index contributed by atoms with van der Waals surface area (Å²) in [6, 6.07) is 19.9. The number of carbonyl (C=O) groups is 2. The molecule has 0 aliphatic heterocycles. The van der Waals surface area contributed by atoms with Crippen LogP contribution in [0.2, 0.25) is 10.0 Å². The summed E-state index contributed by atoms with van der Waals surface area (Å²) >= 11 is 12.6. The molecule has 1 unspecified atom stereocenters. The van der Waals surface area contributed by atoms with E-state index in [0.717, 1.165) is 16.1 Å². The number of ether oxygens (including phenoxy) is 1. The van der Waals surface area contributed by atoms with Crippen LogP contribution in [-0.4, -0.2) is 57.1 Å². The Morgan fingerprint density at radius 3 is 2.26 bits per heavy atom. The Morgan fingerprint density at radius 1 is 0.976 bits per heavy atom. The number of hydrogen-bond acceptors (Lipinski definition) is 5. The van der Waals surface area contributed by atoms with Crippen LogP contribution in [0.15, 0.2) is 72.8 Å². The summed E-state index contributed by atoms with van der Waals surface area (Å²) in [5.74, 6) is -0.442. The lowest BCUT2D eigenvalue weighted by Gasteiger charge is -2.34. The third-order valence-corrected chi connectivity index (χ3v) is 8.14. The fourth-order valence-corrected chi connectivity index (χ4v) is 5.67. The number of sulfonamides is 1. The number of benzene rings is 3. The smallest absolute Gasteiger partial charge is 0.244 e. The maximum absolute atomic E-state index is 14.2. The van der Waals surface area contributed by atoms with Crippen molar-refractivity contribution in [3.05, 3.63) is 94.0 Å². The molecule has 0 heterocycles. The van der Waals surface area contributed by atoms with E-state index in [2.05, 4.69) is 5.32 Å². The van der Waals surface area contributed by atoms with Gasteiger partial charge in [0.15, 0.2) is 0 Å². The van der Waals surface area contributed by atoms with Gasteiger partial charge in [0, 0.05) is 29.6 Å². The largest absolute Gasteiger partial charge is 0.492 e. The molecule has 0 aromatic heterocycles. The average Bonchev–Trinajstić information content (AvgIpc) is 2.93. The number of carbonyl (C=O) groups excluding carboxylic acids is 2. The second-order valence-corrected chi connectivity index (χ2v) is 13.0. The van der Waals surface area contributed by atoms with Gasteiger partial charge in [0.2, 0.25) is 21.8 Å². The van der Waals surface area contributed by atoms with Gasteiger partial charge in [-0.25, -0.2) is 8.42 Å². The summed E-state index contributed by atoms with van der Waals surface area (Å²) in [5, 5.41) is 3.70. The second kappa shape index (κ2) is 15.3. The molecule has 0 aliphatic rings. The van der Waals surface area contributed by atoms with Crippen molar-refractivity contribution in [2.24, 2.45) is 5.92 Å². The molecular weight excluding hydrogens is 597 g/mol. The SMILES string of the molecule is CCOc1ccccc1N(CC(=O)N(Cc1ccc(Cl)cc1Cl)C(Cc1ccccc1)C(=O)NCC(C)C)S(C)(=O)=O. The average molecular weight is 635 g/mol. The highest BCUT2D eigenvalue weighted by Gasteiger charge is 2.34. The highest BCUT2D eigenvalue weighted by atomic mass is 35.5. The number of nitrogens with zero attached hydrogens (tertiary/aromatic N) is 2.